The van der Waals surface area contributed by atoms with E-state index in [-0.39, 0.29) is 18.4 Å². The SMILES string of the molecule is CC(C)Cc1ccc(C(O)CNC(=O)C(C)C)cc1. The van der Waals surface area contributed by atoms with Gasteiger partial charge in [0.25, 0.3) is 0 Å². The molecule has 0 radical (unpaired) electrons. The summed E-state index contributed by atoms with van der Waals surface area (Å²) in [5.41, 5.74) is 2.12. The van der Waals surface area contributed by atoms with E-state index in [1.165, 1.54) is 5.56 Å². The summed E-state index contributed by atoms with van der Waals surface area (Å²) in [5, 5.41) is 12.7. The summed E-state index contributed by atoms with van der Waals surface area (Å²) >= 11 is 0. The molecule has 0 aliphatic rings. The highest BCUT2D eigenvalue weighted by atomic mass is 16.3. The first-order valence-electron chi connectivity index (χ1n) is 6.94. The summed E-state index contributed by atoms with van der Waals surface area (Å²) in [6, 6.07) is 7.96. The van der Waals surface area contributed by atoms with Gasteiger partial charge in [0.1, 0.15) is 0 Å². The van der Waals surface area contributed by atoms with E-state index in [0.717, 1.165) is 12.0 Å². The Bertz CT molecular complexity index is 396. The number of hydrogen-bond donors (Lipinski definition) is 2. The second kappa shape index (κ2) is 7.29. The number of carbonyl (C=O) groups excluding carboxylic acids is 1. The summed E-state index contributed by atoms with van der Waals surface area (Å²) in [5.74, 6) is 0.539. The number of hydrogen-bond acceptors (Lipinski definition) is 2. The quantitative estimate of drug-likeness (QED) is 0.829. The molecule has 3 heteroatoms. The topological polar surface area (TPSA) is 49.3 Å². The summed E-state index contributed by atoms with van der Waals surface area (Å²) in [4.78, 5) is 11.4. The number of rotatable bonds is 6. The van der Waals surface area contributed by atoms with Crippen molar-refractivity contribution in [2.75, 3.05) is 6.54 Å². The van der Waals surface area contributed by atoms with Crippen molar-refractivity contribution in [1.29, 1.82) is 0 Å². The molecule has 1 aromatic rings. The summed E-state index contributed by atoms with van der Waals surface area (Å²) in [6.45, 7) is 8.31. The maximum absolute atomic E-state index is 11.4. The Morgan fingerprint density at radius 3 is 2.21 bits per heavy atom. The lowest BCUT2D eigenvalue weighted by Crippen LogP contribution is -2.31. The van der Waals surface area contributed by atoms with Gasteiger partial charge in [0, 0.05) is 12.5 Å². The maximum Gasteiger partial charge on any atom is 0.222 e. The number of aliphatic hydroxyl groups is 1. The monoisotopic (exact) mass is 263 g/mol. The molecule has 19 heavy (non-hydrogen) atoms. The molecule has 3 nitrogen and oxygen atoms in total. The largest absolute Gasteiger partial charge is 0.387 e. The van der Waals surface area contributed by atoms with Gasteiger partial charge >= 0.3 is 0 Å². The van der Waals surface area contributed by atoms with Crippen LogP contribution in [0.2, 0.25) is 0 Å². The maximum atomic E-state index is 11.4. The first-order chi connectivity index (χ1) is 8.90. The van der Waals surface area contributed by atoms with E-state index >= 15 is 0 Å². The molecule has 0 bridgehead atoms. The van der Waals surface area contributed by atoms with Crippen LogP contribution in [0.15, 0.2) is 24.3 Å². The lowest BCUT2D eigenvalue weighted by atomic mass is 10.0. The average Bonchev–Trinajstić information content (AvgIpc) is 2.35. The molecule has 0 saturated carbocycles. The fraction of sp³-hybridized carbons (Fsp3) is 0.562. The van der Waals surface area contributed by atoms with Gasteiger partial charge in [-0.25, -0.2) is 0 Å². The third-order valence-corrected chi connectivity index (χ3v) is 3.00. The fourth-order valence-corrected chi connectivity index (χ4v) is 1.87. The Morgan fingerprint density at radius 2 is 1.74 bits per heavy atom. The molecule has 1 aromatic carbocycles. The highest BCUT2D eigenvalue weighted by Crippen LogP contribution is 2.15. The van der Waals surface area contributed by atoms with Crippen LogP contribution in [0.5, 0.6) is 0 Å². The number of benzene rings is 1. The van der Waals surface area contributed by atoms with Crippen molar-refractivity contribution >= 4 is 5.91 Å². The zero-order chi connectivity index (χ0) is 14.4. The highest BCUT2D eigenvalue weighted by molar-refractivity contribution is 5.77. The molecular weight excluding hydrogens is 238 g/mol. The molecule has 1 amide bonds. The average molecular weight is 263 g/mol. The lowest BCUT2D eigenvalue weighted by Gasteiger charge is -2.14. The number of aliphatic hydroxyl groups excluding tert-OH is 1. The van der Waals surface area contributed by atoms with Crippen molar-refractivity contribution in [1.82, 2.24) is 5.32 Å². The van der Waals surface area contributed by atoms with Crippen molar-refractivity contribution in [3.8, 4) is 0 Å². The van der Waals surface area contributed by atoms with Crippen molar-refractivity contribution in [3.05, 3.63) is 35.4 Å². The van der Waals surface area contributed by atoms with Crippen LogP contribution in [0.3, 0.4) is 0 Å². The van der Waals surface area contributed by atoms with Gasteiger partial charge in [-0.05, 0) is 23.5 Å². The van der Waals surface area contributed by atoms with Crippen LogP contribution in [0.1, 0.15) is 44.9 Å². The van der Waals surface area contributed by atoms with E-state index in [2.05, 4.69) is 19.2 Å². The van der Waals surface area contributed by atoms with E-state index in [9.17, 15) is 9.90 Å². The molecule has 2 N–H and O–H groups in total. The Hall–Kier alpha value is -1.35. The van der Waals surface area contributed by atoms with Gasteiger partial charge < -0.3 is 10.4 Å². The Labute approximate surface area is 116 Å². The van der Waals surface area contributed by atoms with Gasteiger partial charge in [-0.1, -0.05) is 52.0 Å². The molecule has 0 spiro atoms. The van der Waals surface area contributed by atoms with E-state index in [4.69, 9.17) is 0 Å². The standard InChI is InChI=1S/C16H25NO2/c1-11(2)9-13-5-7-14(8-6-13)15(18)10-17-16(19)12(3)4/h5-8,11-12,15,18H,9-10H2,1-4H3,(H,17,19). The minimum Gasteiger partial charge on any atom is -0.387 e. The van der Waals surface area contributed by atoms with E-state index in [1.54, 1.807) is 0 Å². The fourth-order valence-electron chi connectivity index (χ4n) is 1.87. The van der Waals surface area contributed by atoms with Gasteiger partial charge in [0.2, 0.25) is 5.91 Å². The summed E-state index contributed by atoms with van der Waals surface area (Å²) in [7, 11) is 0. The van der Waals surface area contributed by atoms with E-state index in [1.807, 2.05) is 38.1 Å². The summed E-state index contributed by atoms with van der Waals surface area (Å²) < 4.78 is 0. The molecule has 106 valence electrons. The van der Waals surface area contributed by atoms with Crippen LogP contribution in [0.4, 0.5) is 0 Å². The smallest absolute Gasteiger partial charge is 0.222 e. The zero-order valence-electron chi connectivity index (χ0n) is 12.3. The molecule has 0 heterocycles. The van der Waals surface area contributed by atoms with E-state index < -0.39 is 6.10 Å². The van der Waals surface area contributed by atoms with Gasteiger partial charge in [-0.2, -0.15) is 0 Å². The molecule has 0 saturated heterocycles. The minimum atomic E-state index is -0.643. The van der Waals surface area contributed by atoms with Crippen molar-refractivity contribution in [3.63, 3.8) is 0 Å². The molecule has 0 fully saturated rings. The van der Waals surface area contributed by atoms with Crippen LogP contribution in [0, 0.1) is 11.8 Å². The third kappa shape index (κ3) is 5.43. The van der Waals surface area contributed by atoms with Crippen molar-refractivity contribution < 1.29 is 9.90 Å². The second-order valence-electron chi connectivity index (χ2n) is 5.76. The highest BCUT2D eigenvalue weighted by Gasteiger charge is 2.11. The molecule has 0 aliphatic heterocycles. The first kappa shape index (κ1) is 15.7. The lowest BCUT2D eigenvalue weighted by molar-refractivity contribution is -0.124. The predicted octanol–water partition coefficient (Wildman–Crippen LogP) is 2.69. The molecule has 1 rings (SSSR count). The first-order valence-corrected chi connectivity index (χ1v) is 6.94. The van der Waals surface area contributed by atoms with Gasteiger partial charge in [0.05, 0.1) is 6.10 Å². The normalized spacial score (nSPS) is 12.8. The Balaban J connectivity index is 2.53. The van der Waals surface area contributed by atoms with Crippen molar-refractivity contribution in [2.24, 2.45) is 11.8 Å². The van der Waals surface area contributed by atoms with Gasteiger partial charge in [-0.3, -0.25) is 4.79 Å². The molecule has 0 aliphatic carbocycles. The van der Waals surface area contributed by atoms with Gasteiger partial charge in [-0.15, -0.1) is 0 Å². The van der Waals surface area contributed by atoms with Crippen LogP contribution < -0.4 is 5.32 Å². The second-order valence-corrected chi connectivity index (χ2v) is 5.76. The van der Waals surface area contributed by atoms with Crippen LogP contribution in [-0.2, 0) is 11.2 Å². The van der Waals surface area contributed by atoms with Crippen LogP contribution in [0.25, 0.3) is 0 Å². The van der Waals surface area contributed by atoms with Crippen LogP contribution >= 0.6 is 0 Å². The number of nitrogens with one attached hydrogen (secondary N) is 1. The third-order valence-electron chi connectivity index (χ3n) is 3.00. The van der Waals surface area contributed by atoms with Crippen molar-refractivity contribution in [2.45, 2.75) is 40.2 Å². The zero-order valence-corrected chi connectivity index (χ0v) is 12.3. The Morgan fingerprint density at radius 1 is 1.16 bits per heavy atom. The number of amides is 1. The van der Waals surface area contributed by atoms with E-state index in [0.29, 0.717) is 5.92 Å². The molecular formula is C16H25NO2. The molecule has 1 atom stereocenters. The van der Waals surface area contributed by atoms with Gasteiger partial charge in [0.15, 0.2) is 0 Å². The minimum absolute atomic E-state index is 0.0320. The summed E-state index contributed by atoms with van der Waals surface area (Å²) in [6.07, 6.45) is 0.399. The number of carbonyl (C=O) groups is 1. The predicted molar refractivity (Wildman–Crippen MR) is 77.8 cm³/mol. The Kier molecular flexibility index (Phi) is 6.03. The molecule has 1 unspecified atom stereocenters. The van der Waals surface area contributed by atoms with Crippen LogP contribution in [-0.4, -0.2) is 17.6 Å². The molecule has 0 aromatic heterocycles.